The van der Waals surface area contributed by atoms with E-state index >= 15 is 0 Å². The molecule has 1 aliphatic carbocycles. The van der Waals surface area contributed by atoms with Crippen LogP contribution in [0.1, 0.15) is 55.3 Å². The van der Waals surface area contributed by atoms with E-state index in [-0.39, 0.29) is 5.91 Å². The molecule has 0 spiro atoms. The van der Waals surface area contributed by atoms with Gasteiger partial charge in [-0.05, 0) is 62.1 Å². The molecule has 0 unspecified atom stereocenters. The van der Waals surface area contributed by atoms with Gasteiger partial charge < -0.3 is 15.5 Å². The summed E-state index contributed by atoms with van der Waals surface area (Å²) in [6.07, 6.45) is 10.6. The van der Waals surface area contributed by atoms with E-state index in [2.05, 4.69) is 32.7 Å². The molecule has 4 rings (SSSR count). The number of anilines is 3. The quantitative estimate of drug-likeness (QED) is 0.809. The van der Waals surface area contributed by atoms with Crippen molar-refractivity contribution in [3.63, 3.8) is 0 Å². The van der Waals surface area contributed by atoms with Crippen LogP contribution in [0.3, 0.4) is 0 Å². The van der Waals surface area contributed by atoms with E-state index in [9.17, 15) is 4.79 Å². The van der Waals surface area contributed by atoms with Crippen molar-refractivity contribution in [1.82, 2.24) is 4.98 Å². The molecule has 1 aromatic heterocycles. The zero-order valence-electron chi connectivity index (χ0n) is 15.8. The SMILES string of the molecule is O=C(Nc1ccc(NC2CCCCC2)cc1)c1cccnc1N1CCCC1. The van der Waals surface area contributed by atoms with Crippen molar-refractivity contribution < 1.29 is 4.79 Å². The fourth-order valence-corrected chi connectivity index (χ4v) is 4.09. The van der Waals surface area contributed by atoms with Gasteiger partial charge in [0.15, 0.2) is 0 Å². The molecule has 2 heterocycles. The highest BCUT2D eigenvalue weighted by molar-refractivity contribution is 6.07. The Labute approximate surface area is 161 Å². The number of rotatable bonds is 5. The third kappa shape index (κ3) is 4.41. The van der Waals surface area contributed by atoms with E-state index in [1.807, 2.05) is 24.3 Å². The van der Waals surface area contributed by atoms with Gasteiger partial charge in [-0.3, -0.25) is 4.79 Å². The van der Waals surface area contributed by atoms with Crippen molar-refractivity contribution in [1.29, 1.82) is 0 Å². The molecular weight excluding hydrogens is 336 g/mol. The number of carbonyl (C=O) groups is 1. The summed E-state index contributed by atoms with van der Waals surface area (Å²) in [5.74, 6) is 0.695. The number of carbonyl (C=O) groups excluding carboxylic acids is 1. The summed E-state index contributed by atoms with van der Waals surface area (Å²) in [6.45, 7) is 1.94. The lowest BCUT2D eigenvalue weighted by Crippen LogP contribution is -2.24. The Kier molecular flexibility index (Phi) is 5.56. The van der Waals surface area contributed by atoms with E-state index < -0.39 is 0 Å². The van der Waals surface area contributed by atoms with Crippen LogP contribution in [-0.4, -0.2) is 30.0 Å². The molecule has 1 aliphatic heterocycles. The van der Waals surface area contributed by atoms with Crippen molar-refractivity contribution in [2.24, 2.45) is 0 Å². The monoisotopic (exact) mass is 364 g/mol. The van der Waals surface area contributed by atoms with Gasteiger partial charge >= 0.3 is 0 Å². The summed E-state index contributed by atoms with van der Waals surface area (Å²) >= 11 is 0. The second-order valence-corrected chi connectivity index (χ2v) is 7.58. The number of benzene rings is 1. The summed E-state index contributed by atoms with van der Waals surface area (Å²) in [7, 11) is 0. The van der Waals surface area contributed by atoms with E-state index in [1.165, 1.54) is 32.1 Å². The average Bonchev–Trinajstić information content (AvgIpc) is 3.25. The summed E-state index contributed by atoms with van der Waals surface area (Å²) in [5.41, 5.74) is 2.58. The molecule has 0 radical (unpaired) electrons. The maximum absolute atomic E-state index is 12.8. The smallest absolute Gasteiger partial charge is 0.259 e. The van der Waals surface area contributed by atoms with Gasteiger partial charge in [-0.2, -0.15) is 0 Å². The second kappa shape index (κ2) is 8.42. The summed E-state index contributed by atoms with van der Waals surface area (Å²) in [4.78, 5) is 19.5. The fraction of sp³-hybridized carbons (Fsp3) is 0.455. The first-order chi connectivity index (χ1) is 13.3. The van der Waals surface area contributed by atoms with Gasteiger partial charge in [0.05, 0.1) is 5.56 Å². The van der Waals surface area contributed by atoms with Crippen molar-refractivity contribution in [3.8, 4) is 0 Å². The Morgan fingerprint density at radius 3 is 2.37 bits per heavy atom. The van der Waals surface area contributed by atoms with Gasteiger partial charge in [-0.25, -0.2) is 4.98 Å². The van der Waals surface area contributed by atoms with Crippen LogP contribution < -0.4 is 15.5 Å². The Bertz CT molecular complexity index is 762. The largest absolute Gasteiger partial charge is 0.382 e. The molecule has 142 valence electrons. The normalized spacial score (nSPS) is 17.7. The summed E-state index contributed by atoms with van der Waals surface area (Å²) in [6, 6.07) is 12.3. The lowest BCUT2D eigenvalue weighted by Gasteiger charge is -2.24. The first-order valence-electron chi connectivity index (χ1n) is 10.2. The molecule has 2 aliphatic rings. The third-order valence-corrected chi connectivity index (χ3v) is 5.56. The lowest BCUT2D eigenvalue weighted by molar-refractivity contribution is 0.102. The zero-order valence-corrected chi connectivity index (χ0v) is 15.8. The van der Waals surface area contributed by atoms with Gasteiger partial charge in [-0.15, -0.1) is 0 Å². The van der Waals surface area contributed by atoms with Crippen molar-refractivity contribution in [3.05, 3.63) is 48.2 Å². The van der Waals surface area contributed by atoms with E-state index in [4.69, 9.17) is 0 Å². The molecule has 1 saturated carbocycles. The Morgan fingerprint density at radius 1 is 0.926 bits per heavy atom. The predicted molar refractivity (Wildman–Crippen MR) is 111 cm³/mol. The molecule has 27 heavy (non-hydrogen) atoms. The topological polar surface area (TPSA) is 57.3 Å². The number of aromatic nitrogens is 1. The Morgan fingerprint density at radius 2 is 1.63 bits per heavy atom. The molecule has 1 saturated heterocycles. The van der Waals surface area contributed by atoms with Crippen molar-refractivity contribution in [2.45, 2.75) is 51.0 Å². The minimum absolute atomic E-state index is 0.0991. The predicted octanol–water partition coefficient (Wildman–Crippen LogP) is 4.68. The molecule has 2 fully saturated rings. The molecule has 0 atom stereocenters. The van der Waals surface area contributed by atoms with Gasteiger partial charge in [0.1, 0.15) is 5.82 Å². The minimum Gasteiger partial charge on any atom is -0.382 e. The van der Waals surface area contributed by atoms with Gasteiger partial charge in [-0.1, -0.05) is 19.3 Å². The van der Waals surface area contributed by atoms with Crippen LogP contribution in [0.25, 0.3) is 0 Å². The van der Waals surface area contributed by atoms with E-state index in [1.54, 1.807) is 6.20 Å². The Hall–Kier alpha value is -2.56. The highest BCUT2D eigenvalue weighted by Crippen LogP contribution is 2.25. The van der Waals surface area contributed by atoms with E-state index in [0.29, 0.717) is 11.6 Å². The van der Waals surface area contributed by atoms with Crippen molar-refractivity contribution in [2.75, 3.05) is 28.6 Å². The highest BCUT2D eigenvalue weighted by atomic mass is 16.1. The summed E-state index contributed by atoms with van der Waals surface area (Å²) in [5, 5.41) is 6.63. The fourth-order valence-electron chi connectivity index (χ4n) is 4.09. The number of nitrogens with zero attached hydrogens (tertiary/aromatic N) is 2. The van der Waals surface area contributed by atoms with Crippen LogP contribution in [0.2, 0.25) is 0 Å². The van der Waals surface area contributed by atoms with Crippen LogP contribution in [0.15, 0.2) is 42.6 Å². The molecule has 2 aromatic rings. The molecule has 2 N–H and O–H groups in total. The second-order valence-electron chi connectivity index (χ2n) is 7.58. The molecule has 5 nitrogen and oxygen atoms in total. The molecule has 1 aromatic carbocycles. The van der Waals surface area contributed by atoms with Crippen LogP contribution in [-0.2, 0) is 0 Å². The van der Waals surface area contributed by atoms with E-state index in [0.717, 1.165) is 43.1 Å². The molecule has 1 amide bonds. The molecular formula is C22H28N4O. The standard InChI is InChI=1S/C22H28N4O/c27-22(20-9-6-14-23-21(20)26-15-4-5-16-26)25-19-12-10-18(11-13-19)24-17-7-2-1-3-8-17/h6,9-14,17,24H,1-5,7-8,15-16H2,(H,25,27). The summed E-state index contributed by atoms with van der Waals surface area (Å²) < 4.78 is 0. The first-order valence-corrected chi connectivity index (χ1v) is 10.2. The van der Waals surface area contributed by atoms with Crippen molar-refractivity contribution >= 4 is 23.1 Å². The Balaban J connectivity index is 1.41. The highest BCUT2D eigenvalue weighted by Gasteiger charge is 2.20. The van der Waals surface area contributed by atoms with Gasteiger partial charge in [0.25, 0.3) is 5.91 Å². The maximum Gasteiger partial charge on any atom is 0.259 e. The first kappa shape index (κ1) is 17.8. The van der Waals surface area contributed by atoms with Crippen LogP contribution >= 0.6 is 0 Å². The van der Waals surface area contributed by atoms with Gasteiger partial charge in [0.2, 0.25) is 0 Å². The molecule has 0 bridgehead atoms. The number of pyridine rings is 1. The van der Waals surface area contributed by atoms with Crippen LogP contribution in [0, 0.1) is 0 Å². The average molecular weight is 364 g/mol. The minimum atomic E-state index is -0.0991. The van der Waals surface area contributed by atoms with Gasteiger partial charge in [0, 0.05) is 36.7 Å². The zero-order chi connectivity index (χ0) is 18.5. The van der Waals surface area contributed by atoms with Crippen LogP contribution in [0.5, 0.6) is 0 Å². The van der Waals surface area contributed by atoms with Crippen LogP contribution in [0.4, 0.5) is 17.2 Å². The number of nitrogens with one attached hydrogen (secondary N) is 2. The third-order valence-electron chi connectivity index (χ3n) is 5.56. The number of hydrogen-bond donors (Lipinski definition) is 2. The molecule has 5 heteroatoms. The number of hydrogen-bond acceptors (Lipinski definition) is 4. The number of amides is 1. The lowest BCUT2D eigenvalue weighted by atomic mass is 9.95. The maximum atomic E-state index is 12.8.